The van der Waals surface area contributed by atoms with Gasteiger partial charge in [0.15, 0.2) is 17.5 Å². The molecular weight excluding hydrogens is 735 g/mol. The summed E-state index contributed by atoms with van der Waals surface area (Å²) in [5, 5.41) is -2.20. The van der Waals surface area contributed by atoms with Gasteiger partial charge in [0.25, 0.3) is 0 Å². The Morgan fingerprint density at radius 3 is 1.72 bits per heavy atom. The molecule has 57 heavy (non-hydrogen) atoms. The number of rotatable bonds is 5. The number of thiophene rings is 2. The smallest absolute Gasteiger partial charge is 0.164 e. The molecule has 0 radical (unpaired) electrons. The fraction of sp³-hybridized carbons (Fsp3) is 0. The molecule has 0 N–H and O–H groups in total. The highest BCUT2D eigenvalue weighted by Crippen LogP contribution is 2.48. The zero-order chi connectivity index (χ0) is 62.7. The highest BCUT2D eigenvalue weighted by molar-refractivity contribution is 7.26. The van der Waals surface area contributed by atoms with Gasteiger partial charge >= 0.3 is 0 Å². The average molecular weight is 793 g/mol. The van der Waals surface area contributed by atoms with Crippen molar-refractivity contribution < 1.29 is 44.2 Å². The highest BCUT2D eigenvalue weighted by Gasteiger charge is 2.21. The molecule has 0 amide bonds. The van der Waals surface area contributed by atoms with Gasteiger partial charge in [0.05, 0.1) is 39.8 Å². The lowest BCUT2D eigenvalue weighted by Gasteiger charge is -2.12. The van der Waals surface area contributed by atoms with Crippen molar-refractivity contribution in [2.75, 3.05) is 0 Å². The molecule has 0 aliphatic rings. The van der Waals surface area contributed by atoms with Gasteiger partial charge in [0, 0.05) is 73.4 Å². The third-order valence-electron chi connectivity index (χ3n) is 8.89. The number of hydrogen-bond donors (Lipinski definition) is 0. The summed E-state index contributed by atoms with van der Waals surface area (Å²) in [6.07, 6.45) is 0. The number of furan rings is 1. The second kappa shape index (κ2) is 12.8. The molecule has 0 unspecified atom stereocenters. The molecule has 0 bridgehead atoms. The summed E-state index contributed by atoms with van der Waals surface area (Å²) in [7, 11) is 0. The van der Waals surface area contributed by atoms with Crippen LogP contribution in [0.1, 0.15) is 39.8 Å². The molecular formula is C51H29N3OS2. The maximum Gasteiger partial charge on any atom is 0.164 e. The molecule has 266 valence electrons. The van der Waals surface area contributed by atoms with E-state index in [1.807, 2.05) is 0 Å². The van der Waals surface area contributed by atoms with Crippen molar-refractivity contribution in [1.82, 2.24) is 15.0 Å². The summed E-state index contributed by atoms with van der Waals surface area (Å²) in [6.45, 7) is 0. The molecule has 12 rings (SSSR count). The zero-order valence-corrected chi connectivity index (χ0v) is 29.7. The van der Waals surface area contributed by atoms with E-state index in [4.69, 9.17) is 30.5 Å². The van der Waals surface area contributed by atoms with E-state index in [0.717, 1.165) is 0 Å². The van der Waals surface area contributed by atoms with Crippen molar-refractivity contribution in [2.45, 2.75) is 0 Å². The first-order chi connectivity index (χ1) is 40.3. The molecule has 6 heteroatoms. The number of nitrogens with zero attached hydrogens (tertiary/aromatic N) is 3. The molecule has 0 aliphatic carbocycles. The minimum absolute atomic E-state index is 0.194. The van der Waals surface area contributed by atoms with Crippen LogP contribution in [0.3, 0.4) is 0 Å². The van der Waals surface area contributed by atoms with Crippen LogP contribution in [0.4, 0.5) is 0 Å². The maximum absolute atomic E-state index is 10.3. The Hall–Kier alpha value is -6.99. The van der Waals surface area contributed by atoms with Gasteiger partial charge in [-0.25, -0.2) is 15.0 Å². The number of benzene rings is 8. The van der Waals surface area contributed by atoms with E-state index in [-0.39, 0.29) is 40.3 Å². The summed E-state index contributed by atoms with van der Waals surface area (Å²) in [5.74, 6) is -2.30. The lowest BCUT2D eigenvalue weighted by Crippen LogP contribution is -1.99. The van der Waals surface area contributed by atoms with Crippen LogP contribution >= 0.6 is 22.7 Å². The van der Waals surface area contributed by atoms with Crippen LogP contribution < -0.4 is 0 Å². The molecule has 8 aromatic carbocycles. The first-order valence-corrected chi connectivity index (χ1v) is 18.2. The second-order valence-corrected chi connectivity index (χ2v) is 14.1. The minimum Gasteiger partial charge on any atom is -0.455 e. The van der Waals surface area contributed by atoms with Gasteiger partial charge in [-0.3, -0.25) is 0 Å². The highest BCUT2D eigenvalue weighted by atomic mass is 32.1. The quantitative estimate of drug-likeness (QED) is 0.174. The van der Waals surface area contributed by atoms with E-state index < -0.39 is 254 Å². The lowest BCUT2D eigenvalue weighted by molar-refractivity contribution is 0.670. The van der Waals surface area contributed by atoms with Crippen LogP contribution in [-0.2, 0) is 0 Å². The Labute approximate surface area is 375 Å². The number of hydrogen-bond acceptors (Lipinski definition) is 6. The lowest BCUT2D eigenvalue weighted by atomic mass is 9.91. The number of fused-ring (bicyclic) bond motifs is 9. The van der Waals surface area contributed by atoms with E-state index >= 15 is 0 Å². The topological polar surface area (TPSA) is 51.8 Å². The van der Waals surface area contributed by atoms with Gasteiger partial charge in [-0.1, -0.05) is 139 Å². The van der Waals surface area contributed by atoms with Crippen molar-refractivity contribution >= 4 is 85.0 Å². The summed E-state index contributed by atoms with van der Waals surface area (Å²) < 4.78 is 265. The van der Waals surface area contributed by atoms with Crippen LogP contribution in [0.25, 0.3) is 119 Å². The van der Waals surface area contributed by atoms with E-state index in [2.05, 4.69) is 15.0 Å². The van der Waals surface area contributed by atoms with Gasteiger partial charge in [-0.05, 0) is 52.9 Å². The van der Waals surface area contributed by atoms with Crippen LogP contribution in [-0.4, -0.2) is 15.0 Å². The summed E-state index contributed by atoms with van der Waals surface area (Å²) in [5.41, 5.74) is -5.42. The van der Waals surface area contributed by atoms with Crippen molar-refractivity contribution in [1.29, 1.82) is 0 Å². The van der Waals surface area contributed by atoms with Crippen LogP contribution in [0, 0.1) is 0 Å². The Balaban J connectivity index is 1.26. The number of para-hydroxylation sites is 2. The van der Waals surface area contributed by atoms with Crippen molar-refractivity contribution in [3.8, 4) is 56.4 Å². The SMILES string of the molecule is [2H]c1c([2H])c([2H])c(-c2nc(-c3c([2H])c([2H])c([2H])c([2H])c3[2H])nc(-c3c([2H])c([2H])c4c(sc5c([2H])c([2H])c([2H])c(-c6c([2H])c(-c7c([2H])c([2H])c([2H])c8c7oc7c([2H])c([2H])c([2H])c([2H])c78)c([2H])c7sc8c([2H])c([2H])c([2H])c([2H])c8c67)c54)c3[2H])n2)c([2H])c1[2H]. The van der Waals surface area contributed by atoms with Gasteiger partial charge in [-0.15, -0.1) is 22.7 Å². The van der Waals surface area contributed by atoms with Crippen LogP contribution in [0.5, 0.6) is 0 Å². The predicted octanol–water partition coefficient (Wildman–Crippen LogP) is 14.8. The fourth-order valence-electron chi connectivity index (χ4n) is 6.48. The van der Waals surface area contributed by atoms with Gasteiger partial charge in [-0.2, -0.15) is 0 Å². The standard InChI is InChI=1S/C51H29N3OS2/c1-3-13-30(14-4-1)49-52-50(31-15-5-2-6-16-31)54-51(53-49)32-25-26-39-44(28-32)57-43-24-12-20-36(46(39)43)40-27-33(29-45-47(40)38-18-8-10-23-42(38)56-45)34-19-11-21-37-35-17-7-9-22-41(35)55-48(34)37/h1-29H/i1D,2D,3D,4D,5D,6D,7D,8D,9D,10D,11D,12D,13D,14D,15D,16D,17D,18D,19D,20D,21D,22D,23D,24D,25D,26D,27D,28D,29D. The maximum atomic E-state index is 10.3. The number of aromatic nitrogens is 3. The second-order valence-electron chi connectivity index (χ2n) is 12.1. The van der Waals surface area contributed by atoms with E-state index in [9.17, 15) is 13.7 Å². The molecule has 0 spiro atoms. The molecule has 0 fully saturated rings. The molecule has 12 aromatic rings. The van der Waals surface area contributed by atoms with Crippen molar-refractivity contribution in [2.24, 2.45) is 0 Å². The molecule has 4 heterocycles. The van der Waals surface area contributed by atoms with Gasteiger partial charge in [0.2, 0.25) is 0 Å². The van der Waals surface area contributed by atoms with E-state index in [1.54, 1.807) is 0 Å². The Kier molecular flexibility index (Phi) is 3.32. The Morgan fingerprint density at radius 2 is 0.930 bits per heavy atom. The first-order valence-electron chi connectivity index (χ1n) is 31.1. The molecule has 0 saturated heterocycles. The third kappa shape index (κ3) is 5.22. The normalized spacial score (nSPS) is 19.0. The van der Waals surface area contributed by atoms with E-state index in [0.29, 0.717) is 22.7 Å². The van der Waals surface area contributed by atoms with Gasteiger partial charge in [0.1, 0.15) is 11.2 Å². The molecule has 4 aromatic heterocycles. The predicted molar refractivity (Wildman–Crippen MR) is 240 cm³/mol. The summed E-state index contributed by atoms with van der Waals surface area (Å²) >= 11 is 1.17. The van der Waals surface area contributed by atoms with Crippen LogP contribution in [0.15, 0.2) is 180 Å². The van der Waals surface area contributed by atoms with E-state index in [1.165, 1.54) is 0 Å². The Bertz CT molecular complexity index is 5100. The minimum atomic E-state index is -0.932. The van der Waals surface area contributed by atoms with Crippen molar-refractivity contribution in [3.05, 3.63) is 175 Å². The summed E-state index contributed by atoms with van der Waals surface area (Å²) in [6, 6.07) is -23.3. The fourth-order valence-corrected chi connectivity index (χ4v) is 8.52. The molecule has 0 atom stereocenters. The largest absolute Gasteiger partial charge is 0.455 e. The monoisotopic (exact) mass is 792 g/mol. The zero-order valence-electron chi connectivity index (χ0n) is 57.1. The molecule has 4 nitrogen and oxygen atoms in total. The Morgan fingerprint density at radius 1 is 0.368 bits per heavy atom. The van der Waals surface area contributed by atoms with Crippen LogP contribution in [0.2, 0.25) is 0 Å². The van der Waals surface area contributed by atoms with Crippen molar-refractivity contribution in [3.63, 3.8) is 0 Å². The van der Waals surface area contributed by atoms with Gasteiger partial charge < -0.3 is 4.42 Å². The first kappa shape index (κ1) is 14.8. The summed E-state index contributed by atoms with van der Waals surface area (Å²) in [4.78, 5) is 13.0. The molecule has 0 aliphatic heterocycles. The third-order valence-corrected chi connectivity index (χ3v) is 10.9. The molecule has 0 saturated carbocycles. The average Bonchev–Trinajstić information content (AvgIpc) is 1.48.